The predicted octanol–water partition coefficient (Wildman–Crippen LogP) is 3.27. The molecule has 104 valence electrons. The highest BCUT2D eigenvalue weighted by Gasteiger charge is 2.30. The van der Waals surface area contributed by atoms with Gasteiger partial charge in [-0.05, 0) is 39.7 Å². The molecule has 0 saturated heterocycles. The van der Waals surface area contributed by atoms with Crippen molar-refractivity contribution in [3.63, 3.8) is 0 Å². The Hall–Kier alpha value is -0.930. The highest BCUT2D eigenvalue weighted by atomic mass is 35.5. The Balaban J connectivity index is 2.25. The van der Waals surface area contributed by atoms with Crippen molar-refractivity contribution in [2.75, 3.05) is 20.3 Å². The third-order valence-corrected chi connectivity index (χ3v) is 4.48. The summed E-state index contributed by atoms with van der Waals surface area (Å²) in [6.07, 6.45) is 4.08. The summed E-state index contributed by atoms with van der Waals surface area (Å²) >= 11 is 6.54. The third kappa shape index (κ3) is 2.09. The molecule has 0 radical (unpaired) electrons. The molecule has 2 aliphatic rings. The lowest BCUT2D eigenvalue weighted by Crippen LogP contribution is -2.22. The fourth-order valence-electron chi connectivity index (χ4n) is 3.03. The minimum absolute atomic E-state index is 0.250. The summed E-state index contributed by atoms with van der Waals surface area (Å²) < 4.78 is 11.8. The van der Waals surface area contributed by atoms with Crippen LogP contribution in [0.25, 0.3) is 0 Å². The fraction of sp³-hybridized carbons (Fsp3) is 0.600. The van der Waals surface area contributed by atoms with Crippen molar-refractivity contribution >= 4 is 11.6 Å². The first-order valence-electron chi connectivity index (χ1n) is 7.04. The summed E-state index contributed by atoms with van der Waals surface area (Å²) in [5, 5.41) is 4.10. The topological polar surface area (TPSA) is 30.5 Å². The first kappa shape index (κ1) is 13.1. The zero-order chi connectivity index (χ0) is 13.4. The van der Waals surface area contributed by atoms with Gasteiger partial charge < -0.3 is 14.8 Å². The lowest BCUT2D eigenvalue weighted by Gasteiger charge is -2.31. The molecule has 0 bridgehead atoms. The molecule has 0 aliphatic carbocycles. The molecule has 0 saturated carbocycles. The smallest absolute Gasteiger partial charge is 0.141 e. The maximum atomic E-state index is 6.54. The number of fused-ring (bicyclic) bond motifs is 2. The summed E-state index contributed by atoms with van der Waals surface area (Å²) in [4.78, 5) is 0. The molecule has 0 spiro atoms. The second-order valence-corrected chi connectivity index (χ2v) is 5.64. The molecule has 19 heavy (non-hydrogen) atoms. The van der Waals surface area contributed by atoms with E-state index in [9.17, 15) is 0 Å². The molecule has 2 aliphatic heterocycles. The Kier molecular flexibility index (Phi) is 3.59. The largest absolute Gasteiger partial charge is 0.493 e. The van der Waals surface area contributed by atoms with Gasteiger partial charge in [-0.1, -0.05) is 11.6 Å². The standard InChI is InChI=1S/C15H20ClNO2/c1-9(17-2)12-10-5-3-8-19-15(10)13(16)11-6-4-7-18-14(11)12/h9,17H,3-8H2,1-2H3. The van der Waals surface area contributed by atoms with Gasteiger partial charge in [-0.15, -0.1) is 0 Å². The predicted molar refractivity (Wildman–Crippen MR) is 76.6 cm³/mol. The molecule has 0 aromatic heterocycles. The molecular formula is C15H20ClNO2. The monoisotopic (exact) mass is 281 g/mol. The van der Waals surface area contributed by atoms with Crippen LogP contribution in [0.15, 0.2) is 0 Å². The molecule has 1 aromatic rings. The minimum atomic E-state index is 0.250. The van der Waals surface area contributed by atoms with Gasteiger partial charge in [0.1, 0.15) is 11.5 Å². The van der Waals surface area contributed by atoms with Gasteiger partial charge in [0, 0.05) is 22.7 Å². The quantitative estimate of drug-likeness (QED) is 0.902. The summed E-state index contributed by atoms with van der Waals surface area (Å²) in [6, 6.07) is 0.250. The Morgan fingerprint density at radius 1 is 1.05 bits per heavy atom. The van der Waals surface area contributed by atoms with Crippen molar-refractivity contribution in [2.24, 2.45) is 0 Å². The van der Waals surface area contributed by atoms with E-state index in [0.717, 1.165) is 61.0 Å². The van der Waals surface area contributed by atoms with Gasteiger partial charge in [-0.2, -0.15) is 0 Å². The molecule has 1 N–H and O–H groups in total. The highest BCUT2D eigenvalue weighted by molar-refractivity contribution is 6.33. The van der Waals surface area contributed by atoms with Crippen LogP contribution in [0.5, 0.6) is 11.5 Å². The van der Waals surface area contributed by atoms with Crippen molar-refractivity contribution in [3.05, 3.63) is 21.7 Å². The Morgan fingerprint density at radius 2 is 1.68 bits per heavy atom. The third-order valence-electron chi connectivity index (χ3n) is 4.08. The average Bonchev–Trinajstić information content (AvgIpc) is 2.47. The van der Waals surface area contributed by atoms with Gasteiger partial charge in [0.05, 0.1) is 18.2 Å². The van der Waals surface area contributed by atoms with Crippen molar-refractivity contribution in [2.45, 2.75) is 38.6 Å². The Morgan fingerprint density at radius 3 is 2.37 bits per heavy atom. The van der Waals surface area contributed by atoms with E-state index < -0.39 is 0 Å². The summed E-state index contributed by atoms with van der Waals surface area (Å²) in [7, 11) is 1.98. The highest BCUT2D eigenvalue weighted by Crippen LogP contribution is 2.47. The van der Waals surface area contributed by atoms with Gasteiger partial charge in [-0.25, -0.2) is 0 Å². The maximum Gasteiger partial charge on any atom is 0.141 e. The number of benzene rings is 1. The normalized spacial score (nSPS) is 18.9. The molecular weight excluding hydrogens is 262 g/mol. The zero-order valence-corrected chi connectivity index (χ0v) is 12.3. The van der Waals surface area contributed by atoms with Gasteiger partial charge in [0.2, 0.25) is 0 Å². The number of nitrogens with one attached hydrogen (secondary N) is 1. The molecule has 4 heteroatoms. The molecule has 0 fully saturated rings. The van der Waals surface area contributed by atoms with Crippen molar-refractivity contribution in [1.29, 1.82) is 0 Å². The average molecular weight is 282 g/mol. The van der Waals surface area contributed by atoms with E-state index >= 15 is 0 Å². The molecule has 1 unspecified atom stereocenters. The van der Waals surface area contributed by atoms with E-state index in [1.165, 1.54) is 11.1 Å². The molecule has 2 heterocycles. The lowest BCUT2D eigenvalue weighted by atomic mass is 9.89. The zero-order valence-electron chi connectivity index (χ0n) is 11.5. The minimum Gasteiger partial charge on any atom is -0.493 e. The van der Waals surface area contributed by atoms with Gasteiger partial charge in [0.15, 0.2) is 0 Å². The molecule has 0 amide bonds. The summed E-state index contributed by atoms with van der Waals surface area (Å²) in [6.45, 7) is 3.71. The Bertz CT molecular complexity index is 464. The van der Waals surface area contributed by atoms with Crippen LogP contribution in [-0.4, -0.2) is 20.3 Å². The number of halogens is 1. The van der Waals surface area contributed by atoms with E-state index in [2.05, 4.69) is 12.2 Å². The van der Waals surface area contributed by atoms with Crippen LogP contribution >= 0.6 is 11.6 Å². The Labute approximate surface area is 119 Å². The van der Waals surface area contributed by atoms with Crippen LogP contribution in [0.4, 0.5) is 0 Å². The van der Waals surface area contributed by atoms with E-state index in [4.69, 9.17) is 21.1 Å². The van der Waals surface area contributed by atoms with E-state index in [1.54, 1.807) is 0 Å². The summed E-state index contributed by atoms with van der Waals surface area (Å²) in [5.74, 6) is 1.90. The SMILES string of the molecule is CNC(C)c1c2c(c(Cl)c3c1OCCC3)OCCC2. The molecule has 3 nitrogen and oxygen atoms in total. The van der Waals surface area contributed by atoms with Crippen LogP contribution in [-0.2, 0) is 12.8 Å². The number of ether oxygens (including phenoxy) is 2. The lowest BCUT2D eigenvalue weighted by molar-refractivity contribution is 0.267. The van der Waals surface area contributed by atoms with E-state index in [-0.39, 0.29) is 6.04 Å². The van der Waals surface area contributed by atoms with Gasteiger partial charge in [0.25, 0.3) is 0 Å². The molecule has 1 aromatic carbocycles. The second kappa shape index (κ2) is 5.22. The van der Waals surface area contributed by atoms with Crippen molar-refractivity contribution < 1.29 is 9.47 Å². The molecule has 3 rings (SSSR count). The number of hydrogen-bond donors (Lipinski definition) is 1. The van der Waals surface area contributed by atoms with E-state index in [0.29, 0.717) is 0 Å². The van der Waals surface area contributed by atoms with Crippen LogP contribution in [0.3, 0.4) is 0 Å². The fourth-order valence-corrected chi connectivity index (χ4v) is 3.38. The van der Waals surface area contributed by atoms with Gasteiger partial charge >= 0.3 is 0 Å². The first-order valence-corrected chi connectivity index (χ1v) is 7.41. The van der Waals surface area contributed by atoms with Gasteiger partial charge in [-0.3, -0.25) is 0 Å². The van der Waals surface area contributed by atoms with E-state index in [1.807, 2.05) is 7.05 Å². The van der Waals surface area contributed by atoms with Crippen LogP contribution in [0.2, 0.25) is 5.02 Å². The summed E-state index contributed by atoms with van der Waals surface area (Å²) in [5.41, 5.74) is 3.61. The molecule has 1 atom stereocenters. The maximum absolute atomic E-state index is 6.54. The number of hydrogen-bond acceptors (Lipinski definition) is 3. The van der Waals surface area contributed by atoms with Crippen molar-refractivity contribution in [3.8, 4) is 11.5 Å². The van der Waals surface area contributed by atoms with Crippen LogP contribution in [0, 0.1) is 0 Å². The van der Waals surface area contributed by atoms with Crippen LogP contribution in [0.1, 0.15) is 42.5 Å². The van der Waals surface area contributed by atoms with Crippen LogP contribution < -0.4 is 14.8 Å². The first-order chi connectivity index (χ1) is 9.24. The number of rotatable bonds is 2. The second-order valence-electron chi connectivity index (χ2n) is 5.26. The van der Waals surface area contributed by atoms with Crippen molar-refractivity contribution in [1.82, 2.24) is 5.32 Å².